The minimum atomic E-state index is 0.0765. The van der Waals surface area contributed by atoms with Crippen LogP contribution in [0.5, 0.6) is 0 Å². The minimum absolute atomic E-state index is 0.0765. The maximum Gasteiger partial charge on any atom is 0.164 e. The second kappa shape index (κ2) is 11.1. The van der Waals surface area contributed by atoms with Gasteiger partial charge in [0.25, 0.3) is 0 Å². The second-order valence-electron chi connectivity index (χ2n) is 13.9. The van der Waals surface area contributed by atoms with Gasteiger partial charge in [0.05, 0.1) is 5.52 Å². The molecule has 2 aromatic heterocycles. The van der Waals surface area contributed by atoms with Crippen molar-refractivity contribution in [2.75, 3.05) is 0 Å². The van der Waals surface area contributed by atoms with Crippen LogP contribution in [-0.4, -0.2) is 19.9 Å². The fourth-order valence-electron chi connectivity index (χ4n) is 7.47. The maximum absolute atomic E-state index is 5.09. The maximum atomic E-state index is 5.09. The van der Waals surface area contributed by atoms with E-state index >= 15 is 0 Å². The third-order valence-electron chi connectivity index (χ3n) is 9.59. The van der Waals surface area contributed by atoms with Crippen molar-refractivity contribution in [3.05, 3.63) is 145 Å². The number of nitrogens with zero attached hydrogens (tertiary/aromatic N) is 4. The summed E-state index contributed by atoms with van der Waals surface area (Å²) in [6, 6.07) is 44.5. The summed E-state index contributed by atoms with van der Waals surface area (Å²) in [5.41, 5.74) is 11.5. The molecule has 0 unspecified atom stereocenters. The topological polar surface area (TPSA) is 51.6 Å². The van der Waals surface area contributed by atoms with E-state index in [0.717, 1.165) is 50.7 Å². The Balaban J connectivity index is 1.23. The summed E-state index contributed by atoms with van der Waals surface area (Å²) in [5.74, 6) is 2.00. The molecule has 0 saturated carbocycles. The normalized spacial score (nSPS) is 14.6. The fourth-order valence-corrected chi connectivity index (χ4v) is 7.47. The molecule has 0 amide bonds. The average molecular weight is 609 g/mol. The van der Waals surface area contributed by atoms with Gasteiger partial charge in [0, 0.05) is 33.8 Å². The number of aromatic nitrogens is 4. The van der Waals surface area contributed by atoms with Gasteiger partial charge in [0.1, 0.15) is 0 Å². The zero-order valence-corrected chi connectivity index (χ0v) is 27.2. The van der Waals surface area contributed by atoms with Gasteiger partial charge in [0.2, 0.25) is 0 Å². The standard InChI is InChI=1S/C43H36N4/c1-42(2)27-43(3,4)37-26-34(23-24-36(37)42)41-46-39(32-19-15-29(16-20-32)28-10-6-5-7-11-28)45-40(47-41)33-21-17-30(18-22-33)35-14-8-12-31-13-9-25-44-38(31)35/h5-26H,27H2,1-4H3. The molecule has 0 aliphatic heterocycles. The molecule has 2 heterocycles. The highest BCUT2D eigenvalue weighted by Gasteiger charge is 2.41. The summed E-state index contributed by atoms with van der Waals surface area (Å²) in [5, 5.41) is 1.13. The lowest BCUT2D eigenvalue weighted by Gasteiger charge is -2.22. The third kappa shape index (κ3) is 5.30. The SMILES string of the molecule is CC1(C)CC(C)(C)c2cc(-c3nc(-c4ccc(-c5ccccc5)cc4)nc(-c4ccc(-c5cccc6cccnc56)cc4)n3)ccc21. The smallest absolute Gasteiger partial charge is 0.164 e. The number of hydrogen-bond donors (Lipinski definition) is 0. The lowest BCUT2D eigenvalue weighted by molar-refractivity contribution is 0.403. The summed E-state index contributed by atoms with van der Waals surface area (Å²) >= 11 is 0. The summed E-state index contributed by atoms with van der Waals surface area (Å²) in [7, 11) is 0. The Hall–Kier alpha value is -5.48. The molecule has 0 atom stereocenters. The van der Waals surface area contributed by atoms with Gasteiger partial charge < -0.3 is 0 Å². The summed E-state index contributed by atoms with van der Waals surface area (Å²) in [6.07, 6.45) is 2.96. The molecule has 7 aromatic rings. The average Bonchev–Trinajstić information content (AvgIpc) is 3.30. The first-order valence-corrected chi connectivity index (χ1v) is 16.3. The van der Waals surface area contributed by atoms with Gasteiger partial charge in [-0.1, -0.05) is 143 Å². The molecule has 1 aliphatic rings. The van der Waals surface area contributed by atoms with Crippen molar-refractivity contribution in [3.63, 3.8) is 0 Å². The highest BCUT2D eigenvalue weighted by molar-refractivity contribution is 5.93. The van der Waals surface area contributed by atoms with Gasteiger partial charge in [0.15, 0.2) is 17.5 Å². The summed E-state index contributed by atoms with van der Waals surface area (Å²) in [4.78, 5) is 19.9. The highest BCUT2D eigenvalue weighted by Crippen LogP contribution is 2.50. The molecule has 0 radical (unpaired) electrons. The van der Waals surface area contributed by atoms with E-state index < -0.39 is 0 Å². The van der Waals surface area contributed by atoms with E-state index in [9.17, 15) is 0 Å². The Morgan fingerprint density at radius 2 is 0.979 bits per heavy atom. The molecule has 4 heteroatoms. The van der Waals surface area contributed by atoms with Gasteiger partial charge in [-0.05, 0) is 57.2 Å². The predicted octanol–water partition coefficient (Wildman–Crippen LogP) is 10.7. The Bertz CT molecular complexity index is 2240. The molecule has 4 nitrogen and oxygen atoms in total. The fraction of sp³-hybridized carbons (Fsp3) is 0.163. The molecule has 0 bridgehead atoms. The molecule has 8 rings (SSSR count). The van der Waals surface area contributed by atoms with E-state index in [1.54, 1.807) is 0 Å². The van der Waals surface area contributed by atoms with Crippen LogP contribution in [0, 0.1) is 0 Å². The highest BCUT2D eigenvalue weighted by atomic mass is 15.0. The van der Waals surface area contributed by atoms with Gasteiger partial charge >= 0.3 is 0 Å². The van der Waals surface area contributed by atoms with Crippen LogP contribution in [0.3, 0.4) is 0 Å². The van der Waals surface area contributed by atoms with Crippen LogP contribution in [0.15, 0.2) is 134 Å². The van der Waals surface area contributed by atoms with Crippen LogP contribution in [0.25, 0.3) is 67.3 Å². The Morgan fingerprint density at radius 3 is 1.66 bits per heavy atom. The molecular formula is C43H36N4. The lowest BCUT2D eigenvalue weighted by Crippen LogP contribution is -2.17. The molecule has 1 aliphatic carbocycles. The number of fused-ring (bicyclic) bond motifs is 2. The first-order valence-electron chi connectivity index (χ1n) is 16.3. The predicted molar refractivity (Wildman–Crippen MR) is 193 cm³/mol. The molecule has 47 heavy (non-hydrogen) atoms. The van der Waals surface area contributed by atoms with E-state index in [-0.39, 0.29) is 10.8 Å². The number of para-hydroxylation sites is 1. The van der Waals surface area contributed by atoms with Gasteiger partial charge in [-0.25, -0.2) is 15.0 Å². The minimum Gasteiger partial charge on any atom is -0.256 e. The molecule has 0 fully saturated rings. The zero-order valence-electron chi connectivity index (χ0n) is 27.2. The molecule has 0 N–H and O–H groups in total. The first kappa shape index (κ1) is 29.0. The monoisotopic (exact) mass is 608 g/mol. The van der Waals surface area contributed by atoms with E-state index in [0.29, 0.717) is 17.5 Å². The summed E-state index contributed by atoms with van der Waals surface area (Å²) < 4.78 is 0. The van der Waals surface area contributed by atoms with E-state index in [1.165, 1.54) is 16.7 Å². The van der Waals surface area contributed by atoms with Crippen LogP contribution in [0.1, 0.15) is 45.2 Å². The van der Waals surface area contributed by atoms with Gasteiger partial charge in [-0.3, -0.25) is 4.98 Å². The molecule has 228 valence electrons. The largest absolute Gasteiger partial charge is 0.256 e. The Morgan fingerprint density at radius 1 is 0.447 bits per heavy atom. The molecule has 0 saturated heterocycles. The first-order chi connectivity index (χ1) is 22.7. The molecule has 0 spiro atoms. The number of benzene rings is 5. The van der Waals surface area contributed by atoms with Crippen molar-refractivity contribution in [1.82, 2.24) is 19.9 Å². The van der Waals surface area contributed by atoms with Crippen molar-refractivity contribution < 1.29 is 0 Å². The summed E-state index contributed by atoms with van der Waals surface area (Å²) in [6.45, 7) is 9.37. The second-order valence-corrected chi connectivity index (χ2v) is 13.9. The van der Waals surface area contributed by atoms with Crippen LogP contribution in [0.2, 0.25) is 0 Å². The van der Waals surface area contributed by atoms with Crippen molar-refractivity contribution in [2.45, 2.75) is 44.9 Å². The number of rotatable bonds is 5. The molecule has 5 aromatic carbocycles. The lowest BCUT2D eigenvalue weighted by atomic mass is 9.82. The number of hydrogen-bond acceptors (Lipinski definition) is 4. The van der Waals surface area contributed by atoms with Gasteiger partial charge in [-0.15, -0.1) is 0 Å². The van der Waals surface area contributed by atoms with E-state index in [1.807, 2.05) is 18.3 Å². The van der Waals surface area contributed by atoms with Crippen LogP contribution >= 0.6 is 0 Å². The van der Waals surface area contributed by atoms with E-state index in [4.69, 9.17) is 15.0 Å². The van der Waals surface area contributed by atoms with Crippen LogP contribution in [-0.2, 0) is 10.8 Å². The van der Waals surface area contributed by atoms with E-state index in [2.05, 4.69) is 148 Å². The quantitative estimate of drug-likeness (QED) is 0.195. The third-order valence-corrected chi connectivity index (χ3v) is 9.59. The number of pyridine rings is 1. The van der Waals surface area contributed by atoms with Crippen molar-refractivity contribution in [2.24, 2.45) is 0 Å². The van der Waals surface area contributed by atoms with Gasteiger partial charge in [-0.2, -0.15) is 0 Å². The molecular weight excluding hydrogens is 573 g/mol. The van der Waals surface area contributed by atoms with Crippen molar-refractivity contribution in [1.29, 1.82) is 0 Å². The van der Waals surface area contributed by atoms with Crippen molar-refractivity contribution in [3.8, 4) is 56.4 Å². The van der Waals surface area contributed by atoms with Crippen LogP contribution < -0.4 is 0 Å². The van der Waals surface area contributed by atoms with Crippen molar-refractivity contribution >= 4 is 10.9 Å². The van der Waals surface area contributed by atoms with Crippen LogP contribution in [0.4, 0.5) is 0 Å². The zero-order chi connectivity index (χ0) is 32.2. The Kier molecular flexibility index (Phi) is 6.84. The Labute approximate surface area is 276 Å².